The summed E-state index contributed by atoms with van der Waals surface area (Å²) in [4.78, 5) is 13.2. The third-order valence-electron chi connectivity index (χ3n) is 3.50. The highest BCUT2D eigenvalue weighted by atomic mass is 32.1. The van der Waals surface area contributed by atoms with Gasteiger partial charge in [-0.1, -0.05) is 12.1 Å². The lowest BCUT2D eigenvalue weighted by Crippen LogP contribution is -2.22. The van der Waals surface area contributed by atoms with E-state index in [-0.39, 0.29) is 5.91 Å². The van der Waals surface area contributed by atoms with E-state index in [1.807, 2.05) is 24.3 Å². The smallest absolute Gasteiger partial charge is 0.220 e. The molecule has 1 aliphatic rings. The largest absolute Gasteiger partial charge is 0.486 e. The van der Waals surface area contributed by atoms with E-state index in [1.165, 1.54) is 4.88 Å². The van der Waals surface area contributed by atoms with Gasteiger partial charge in [-0.15, -0.1) is 11.3 Å². The zero-order valence-corrected chi connectivity index (χ0v) is 13.2. The molecule has 0 radical (unpaired) electrons. The van der Waals surface area contributed by atoms with Crippen molar-refractivity contribution in [2.75, 3.05) is 13.2 Å². The van der Waals surface area contributed by atoms with Crippen LogP contribution in [-0.2, 0) is 17.8 Å². The summed E-state index contributed by atoms with van der Waals surface area (Å²) in [6.45, 7) is 1.69. The molecule has 0 spiro atoms. The lowest BCUT2D eigenvalue weighted by atomic mass is 10.1. The molecule has 2 aromatic rings. The Kier molecular flexibility index (Phi) is 4.96. The van der Waals surface area contributed by atoms with Crippen LogP contribution in [0.2, 0.25) is 0 Å². The van der Waals surface area contributed by atoms with E-state index in [2.05, 4.69) is 16.8 Å². The van der Waals surface area contributed by atoms with Crippen molar-refractivity contribution in [1.82, 2.24) is 5.32 Å². The first kappa shape index (κ1) is 14.9. The average molecular weight is 317 g/mol. The van der Waals surface area contributed by atoms with Crippen LogP contribution in [0.3, 0.4) is 0 Å². The number of fused-ring (bicyclic) bond motifs is 1. The molecular formula is C17H19NO3S. The molecule has 0 bridgehead atoms. The average Bonchev–Trinajstić information content (AvgIpc) is 3.06. The Morgan fingerprint density at radius 1 is 1.18 bits per heavy atom. The maximum Gasteiger partial charge on any atom is 0.220 e. The number of ether oxygens (including phenoxy) is 2. The highest BCUT2D eigenvalue weighted by Crippen LogP contribution is 2.30. The first-order chi connectivity index (χ1) is 10.8. The number of hydrogen-bond donors (Lipinski definition) is 1. The Labute approximate surface area is 134 Å². The highest BCUT2D eigenvalue weighted by Gasteiger charge is 2.12. The summed E-state index contributed by atoms with van der Waals surface area (Å²) >= 11 is 1.74. The van der Waals surface area contributed by atoms with Gasteiger partial charge >= 0.3 is 0 Å². The number of hydrogen-bond acceptors (Lipinski definition) is 4. The van der Waals surface area contributed by atoms with Crippen molar-refractivity contribution in [2.45, 2.75) is 25.8 Å². The molecule has 0 fully saturated rings. The van der Waals surface area contributed by atoms with Crippen LogP contribution in [0.4, 0.5) is 0 Å². The minimum absolute atomic E-state index is 0.0893. The van der Waals surface area contributed by atoms with Gasteiger partial charge in [0.1, 0.15) is 13.2 Å². The van der Waals surface area contributed by atoms with E-state index in [4.69, 9.17) is 9.47 Å². The van der Waals surface area contributed by atoms with Crippen molar-refractivity contribution in [3.05, 3.63) is 46.2 Å². The molecule has 0 aliphatic carbocycles. The van der Waals surface area contributed by atoms with Crippen LogP contribution in [0.25, 0.3) is 0 Å². The fourth-order valence-electron chi connectivity index (χ4n) is 2.36. The molecule has 4 nitrogen and oxygen atoms in total. The SMILES string of the molecule is O=C(CCCc1cccs1)NCc1ccc2c(c1)OCCO2. The van der Waals surface area contributed by atoms with E-state index in [1.54, 1.807) is 11.3 Å². The standard InChI is InChI=1S/C17H19NO3S/c19-17(5-1-3-14-4-2-10-22-14)18-12-13-6-7-15-16(11-13)21-9-8-20-15/h2,4,6-7,10-11H,1,3,5,8-9,12H2,(H,18,19). The predicted molar refractivity (Wildman–Crippen MR) is 86.5 cm³/mol. The first-order valence-electron chi connectivity index (χ1n) is 7.49. The molecule has 0 atom stereocenters. The normalized spacial score (nSPS) is 12.9. The van der Waals surface area contributed by atoms with E-state index in [9.17, 15) is 4.79 Å². The molecule has 5 heteroatoms. The van der Waals surface area contributed by atoms with Crippen LogP contribution in [0.15, 0.2) is 35.7 Å². The van der Waals surface area contributed by atoms with Crippen LogP contribution in [-0.4, -0.2) is 19.1 Å². The molecule has 116 valence electrons. The number of carbonyl (C=O) groups is 1. The summed E-state index contributed by atoms with van der Waals surface area (Å²) in [5, 5.41) is 5.02. The number of aryl methyl sites for hydroxylation is 1. The Balaban J connectivity index is 1.42. The van der Waals surface area contributed by atoms with Crippen molar-refractivity contribution < 1.29 is 14.3 Å². The number of carbonyl (C=O) groups excluding carboxylic acids is 1. The van der Waals surface area contributed by atoms with Crippen molar-refractivity contribution in [3.63, 3.8) is 0 Å². The molecule has 0 saturated carbocycles. The molecule has 1 aromatic heterocycles. The second kappa shape index (κ2) is 7.31. The molecule has 1 amide bonds. The Hall–Kier alpha value is -2.01. The lowest BCUT2D eigenvalue weighted by Gasteiger charge is -2.19. The van der Waals surface area contributed by atoms with Gasteiger partial charge in [-0.25, -0.2) is 0 Å². The van der Waals surface area contributed by atoms with Gasteiger partial charge in [0.25, 0.3) is 0 Å². The van der Waals surface area contributed by atoms with Gasteiger partial charge in [0, 0.05) is 17.8 Å². The fraction of sp³-hybridized carbons (Fsp3) is 0.353. The number of benzene rings is 1. The summed E-state index contributed by atoms with van der Waals surface area (Å²) in [6, 6.07) is 9.94. The first-order valence-corrected chi connectivity index (χ1v) is 8.37. The van der Waals surface area contributed by atoms with Crippen LogP contribution in [0.1, 0.15) is 23.3 Å². The van der Waals surface area contributed by atoms with Crippen LogP contribution in [0, 0.1) is 0 Å². The molecular weight excluding hydrogens is 298 g/mol. The van der Waals surface area contributed by atoms with Gasteiger partial charge in [-0.2, -0.15) is 0 Å². The maximum absolute atomic E-state index is 11.9. The van der Waals surface area contributed by atoms with E-state index in [0.29, 0.717) is 26.2 Å². The molecule has 0 unspecified atom stereocenters. The Morgan fingerprint density at radius 3 is 2.86 bits per heavy atom. The van der Waals surface area contributed by atoms with Gasteiger partial charge in [0.15, 0.2) is 11.5 Å². The van der Waals surface area contributed by atoms with E-state index in [0.717, 1.165) is 29.9 Å². The minimum atomic E-state index is 0.0893. The van der Waals surface area contributed by atoms with Gasteiger partial charge in [0.2, 0.25) is 5.91 Å². The van der Waals surface area contributed by atoms with E-state index >= 15 is 0 Å². The van der Waals surface area contributed by atoms with E-state index < -0.39 is 0 Å². The quantitative estimate of drug-likeness (QED) is 0.890. The highest BCUT2D eigenvalue weighted by molar-refractivity contribution is 7.09. The molecule has 2 heterocycles. The summed E-state index contributed by atoms with van der Waals surface area (Å²) in [7, 11) is 0. The number of nitrogens with one attached hydrogen (secondary N) is 1. The minimum Gasteiger partial charge on any atom is -0.486 e. The molecule has 1 N–H and O–H groups in total. The maximum atomic E-state index is 11.9. The van der Waals surface area contributed by atoms with Gasteiger partial charge in [-0.3, -0.25) is 4.79 Å². The lowest BCUT2D eigenvalue weighted by molar-refractivity contribution is -0.121. The fourth-order valence-corrected chi connectivity index (χ4v) is 3.12. The van der Waals surface area contributed by atoms with Crippen LogP contribution >= 0.6 is 11.3 Å². The molecule has 3 rings (SSSR count). The number of rotatable bonds is 6. The number of amides is 1. The van der Waals surface area contributed by atoms with Crippen molar-refractivity contribution in [2.24, 2.45) is 0 Å². The zero-order valence-electron chi connectivity index (χ0n) is 12.3. The van der Waals surface area contributed by atoms with Gasteiger partial charge in [-0.05, 0) is 42.0 Å². The van der Waals surface area contributed by atoms with Crippen molar-refractivity contribution in [3.8, 4) is 11.5 Å². The monoisotopic (exact) mass is 317 g/mol. The molecule has 1 aliphatic heterocycles. The summed E-state index contributed by atoms with van der Waals surface area (Å²) in [5.41, 5.74) is 1.02. The zero-order chi connectivity index (χ0) is 15.2. The van der Waals surface area contributed by atoms with Crippen LogP contribution in [0.5, 0.6) is 11.5 Å². The topological polar surface area (TPSA) is 47.6 Å². The third-order valence-corrected chi connectivity index (χ3v) is 4.44. The second-order valence-corrected chi connectivity index (χ2v) is 6.22. The molecule has 22 heavy (non-hydrogen) atoms. The van der Waals surface area contributed by atoms with Crippen molar-refractivity contribution in [1.29, 1.82) is 0 Å². The summed E-state index contributed by atoms with van der Waals surface area (Å²) in [5.74, 6) is 1.62. The van der Waals surface area contributed by atoms with Crippen molar-refractivity contribution >= 4 is 17.2 Å². The number of thiophene rings is 1. The summed E-state index contributed by atoms with van der Waals surface area (Å²) < 4.78 is 11.0. The Morgan fingerprint density at radius 2 is 2.05 bits per heavy atom. The molecule has 1 aromatic carbocycles. The third kappa shape index (κ3) is 4.01. The van der Waals surface area contributed by atoms with Gasteiger partial charge in [0.05, 0.1) is 0 Å². The molecule has 0 saturated heterocycles. The predicted octanol–water partition coefficient (Wildman–Crippen LogP) is 3.16. The Bertz CT molecular complexity index is 625. The second-order valence-electron chi connectivity index (χ2n) is 5.19. The van der Waals surface area contributed by atoms with Crippen LogP contribution < -0.4 is 14.8 Å². The summed E-state index contributed by atoms with van der Waals surface area (Å²) in [6.07, 6.45) is 2.41. The van der Waals surface area contributed by atoms with Gasteiger partial charge < -0.3 is 14.8 Å².